The Hall–Kier alpha value is -0.0700. The molecule has 1 heteroatoms. The standard InChI is InChI=1S/C7H13F/c8-6-2-5-7-3-1-4-7/h7H,1-6H2. The second-order valence-electron chi connectivity index (χ2n) is 2.63. The summed E-state index contributed by atoms with van der Waals surface area (Å²) in [6.45, 7) is -0.115. The summed E-state index contributed by atoms with van der Waals surface area (Å²) in [5.74, 6) is 0.894. The molecule has 0 aromatic heterocycles. The zero-order valence-corrected chi connectivity index (χ0v) is 5.20. The van der Waals surface area contributed by atoms with Crippen LogP contribution < -0.4 is 0 Å². The third-order valence-corrected chi connectivity index (χ3v) is 1.97. The van der Waals surface area contributed by atoms with E-state index in [-0.39, 0.29) is 6.67 Å². The molecule has 0 nitrogen and oxygen atoms in total. The molecule has 0 atom stereocenters. The van der Waals surface area contributed by atoms with E-state index in [2.05, 4.69) is 0 Å². The van der Waals surface area contributed by atoms with Gasteiger partial charge in [-0.25, -0.2) is 0 Å². The minimum Gasteiger partial charge on any atom is -0.251 e. The lowest BCUT2D eigenvalue weighted by Crippen LogP contribution is -2.10. The summed E-state index contributed by atoms with van der Waals surface area (Å²) in [6, 6.07) is 0. The highest BCUT2D eigenvalue weighted by atomic mass is 19.1. The minimum atomic E-state index is -0.115. The van der Waals surface area contributed by atoms with Crippen LogP contribution in [0.5, 0.6) is 0 Å². The lowest BCUT2D eigenvalue weighted by Gasteiger charge is -2.24. The van der Waals surface area contributed by atoms with Gasteiger partial charge in [-0.05, 0) is 18.8 Å². The van der Waals surface area contributed by atoms with E-state index in [0.29, 0.717) is 0 Å². The van der Waals surface area contributed by atoms with Crippen LogP contribution in [0.25, 0.3) is 0 Å². The Morgan fingerprint density at radius 3 is 2.50 bits per heavy atom. The highest BCUT2D eigenvalue weighted by molar-refractivity contribution is 4.68. The van der Waals surface area contributed by atoms with Crippen molar-refractivity contribution >= 4 is 0 Å². The van der Waals surface area contributed by atoms with E-state index < -0.39 is 0 Å². The molecule has 0 N–H and O–H groups in total. The minimum absolute atomic E-state index is 0.115. The van der Waals surface area contributed by atoms with Gasteiger partial charge >= 0.3 is 0 Å². The predicted molar refractivity (Wildman–Crippen MR) is 32.5 cm³/mol. The molecule has 0 aromatic rings. The Balaban J connectivity index is 1.86. The van der Waals surface area contributed by atoms with Gasteiger partial charge in [0, 0.05) is 0 Å². The Morgan fingerprint density at radius 1 is 1.38 bits per heavy atom. The molecule has 1 aliphatic rings. The fourth-order valence-corrected chi connectivity index (χ4v) is 1.15. The van der Waals surface area contributed by atoms with E-state index >= 15 is 0 Å². The molecule has 1 fully saturated rings. The van der Waals surface area contributed by atoms with Gasteiger partial charge in [-0.2, -0.15) is 0 Å². The third kappa shape index (κ3) is 1.46. The van der Waals surface area contributed by atoms with Gasteiger partial charge in [0.2, 0.25) is 0 Å². The van der Waals surface area contributed by atoms with E-state index in [0.717, 1.165) is 18.8 Å². The summed E-state index contributed by atoms with van der Waals surface area (Å²) in [4.78, 5) is 0. The average molecular weight is 116 g/mol. The molecule has 1 aliphatic carbocycles. The Morgan fingerprint density at radius 2 is 2.12 bits per heavy atom. The maximum atomic E-state index is 11.5. The summed E-state index contributed by atoms with van der Waals surface area (Å²) in [7, 11) is 0. The van der Waals surface area contributed by atoms with Gasteiger partial charge in [-0.3, -0.25) is 4.39 Å². The first-order valence-corrected chi connectivity index (χ1v) is 3.49. The van der Waals surface area contributed by atoms with Crippen molar-refractivity contribution in [3.05, 3.63) is 0 Å². The van der Waals surface area contributed by atoms with Crippen molar-refractivity contribution in [2.45, 2.75) is 32.1 Å². The zero-order valence-electron chi connectivity index (χ0n) is 5.20. The van der Waals surface area contributed by atoms with Gasteiger partial charge in [0.05, 0.1) is 6.67 Å². The van der Waals surface area contributed by atoms with E-state index in [1.165, 1.54) is 19.3 Å². The molecule has 0 saturated heterocycles. The van der Waals surface area contributed by atoms with Crippen molar-refractivity contribution in [3.8, 4) is 0 Å². The van der Waals surface area contributed by atoms with Crippen LogP contribution in [-0.4, -0.2) is 6.67 Å². The quantitative estimate of drug-likeness (QED) is 0.531. The van der Waals surface area contributed by atoms with Crippen molar-refractivity contribution in [2.75, 3.05) is 6.67 Å². The van der Waals surface area contributed by atoms with Crippen molar-refractivity contribution in [1.29, 1.82) is 0 Å². The monoisotopic (exact) mass is 116 g/mol. The predicted octanol–water partition coefficient (Wildman–Crippen LogP) is 2.54. The molecule has 0 radical (unpaired) electrons. The van der Waals surface area contributed by atoms with E-state index in [4.69, 9.17) is 0 Å². The molecule has 8 heavy (non-hydrogen) atoms. The molecule has 1 rings (SSSR count). The third-order valence-electron chi connectivity index (χ3n) is 1.97. The Bertz CT molecular complexity index is 57.4. The molecule has 0 amide bonds. The summed E-state index contributed by atoms with van der Waals surface area (Å²) in [5, 5.41) is 0. The number of hydrogen-bond donors (Lipinski definition) is 0. The second kappa shape index (κ2) is 3.06. The van der Waals surface area contributed by atoms with Gasteiger partial charge < -0.3 is 0 Å². The van der Waals surface area contributed by atoms with Crippen LogP contribution in [0.2, 0.25) is 0 Å². The van der Waals surface area contributed by atoms with Crippen molar-refractivity contribution in [2.24, 2.45) is 5.92 Å². The van der Waals surface area contributed by atoms with Crippen LogP contribution in [0.3, 0.4) is 0 Å². The molecule has 0 aliphatic heterocycles. The molecule has 0 spiro atoms. The van der Waals surface area contributed by atoms with Crippen molar-refractivity contribution in [1.82, 2.24) is 0 Å². The van der Waals surface area contributed by atoms with Gasteiger partial charge in [0.1, 0.15) is 0 Å². The van der Waals surface area contributed by atoms with Crippen LogP contribution in [0.4, 0.5) is 4.39 Å². The zero-order chi connectivity index (χ0) is 5.82. The maximum Gasteiger partial charge on any atom is 0.0894 e. The normalized spacial score (nSPS) is 20.6. The molecular weight excluding hydrogens is 103 g/mol. The summed E-state index contributed by atoms with van der Waals surface area (Å²) in [5.41, 5.74) is 0. The van der Waals surface area contributed by atoms with Gasteiger partial charge in [-0.15, -0.1) is 0 Å². The molecule has 0 aromatic carbocycles. The van der Waals surface area contributed by atoms with Crippen molar-refractivity contribution in [3.63, 3.8) is 0 Å². The van der Waals surface area contributed by atoms with Crippen LogP contribution >= 0.6 is 0 Å². The van der Waals surface area contributed by atoms with Crippen LogP contribution in [0, 0.1) is 5.92 Å². The van der Waals surface area contributed by atoms with E-state index in [9.17, 15) is 4.39 Å². The first kappa shape index (κ1) is 6.06. The van der Waals surface area contributed by atoms with E-state index in [1.54, 1.807) is 0 Å². The van der Waals surface area contributed by atoms with Crippen molar-refractivity contribution < 1.29 is 4.39 Å². The molecule has 0 heterocycles. The molecule has 0 bridgehead atoms. The number of halogens is 1. The molecule has 1 saturated carbocycles. The summed E-state index contributed by atoms with van der Waals surface area (Å²) >= 11 is 0. The molecular formula is C7H13F. The smallest absolute Gasteiger partial charge is 0.0894 e. The SMILES string of the molecule is FCCCC1CCC1. The molecule has 0 unspecified atom stereocenters. The van der Waals surface area contributed by atoms with Crippen LogP contribution in [0.15, 0.2) is 0 Å². The number of hydrogen-bond acceptors (Lipinski definition) is 0. The first-order valence-electron chi connectivity index (χ1n) is 3.49. The lowest BCUT2D eigenvalue weighted by molar-refractivity contribution is 0.277. The Labute approximate surface area is 50.1 Å². The van der Waals surface area contributed by atoms with Gasteiger partial charge in [0.15, 0.2) is 0 Å². The Kier molecular flexibility index (Phi) is 2.31. The second-order valence-corrected chi connectivity index (χ2v) is 2.63. The lowest BCUT2D eigenvalue weighted by atomic mass is 9.82. The topological polar surface area (TPSA) is 0 Å². The maximum absolute atomic E-state index is 11.5. The van der Waals surface area contributed by atoms with Gasteiger partial charge in [0.25, 0.3) is 0 Å². The van der Waals surface area contributed by atoms with Crippen LogP contribution in [-0.2, 0) is 0 Å². The van der Waals surface area contributed by atoms with Gasteiger partial charge in [-0.1, -0.05) is 19.3 Å². The number of alkyl halides is 1. The van der Waals surface area contributed by atoms with E-state index in [1.807, 2.05) is 0 Å². The summed E-state index contributed by atoms with van der Waals surface area (Å²) in [6.07, 6.45) is 6.04. The number of rotatable bonds is 3. The summed E-state index contributed by atoms with van der Waals surface area (Å²) < 4.78 is 11.5. The highest BCUT2D eigenvalue weighted by Gasteiger charge is 2.15. The fourth-order valence-electron chi connectivity index (χ4n) is 1.15. The highest BCUT2D eigenvalue weighted by Crippen LogP contribution is 2.30. The average Bonchev–Trinajstić information content (AvgIpc) is 1.63. The first-order chi connectivity index (χ1) is 3.93. The largest absolute Gasteiger partial charge is 0.251 e. The van der Waals surface area contributed by atoms with Crippen LogP contribution in [0.1, 0.15) is 32.1 Å². The fraction of sp³-hybridized carbons (Fsp3) is 1.00. The molecule has 48 valence electrons.